The van der Waals surface area contributed by atoms with Crippen LogP contribution in [0.15, 0.2) is 24.3 Å². The van der Waals surface area contributed by atoms with Crippen LogP contribution < -0.4 is 10.5 Å². The molecular formula is C15H23NO2S. The van der Waals surface area contributed by atoms with Crippen LogP contribution in [0.2, 0.25) is 0 Å². The number of ether oxygens (including phenoxy) is 2. The molecule has 2 rings (SSSR count). The molecule has 0 atom stereocenters. The van der Waals surface area contributed by atoms with E-state index < -0.39 is 0 Å². The second-order valence-electron chi connectivity index (χ2n) is 4.71. The molecule has 0 bridgehead atoms. The van der Waals surface area contributed by atoms with Crippen molar-refractivity contribution < 1.29 is 9.47 Å². The lowest BCUT2D eigenvalue weighted by molar-refractivity contribution is 0.1000. The molecule has 1 fully saturated rings. The zero-order chi connectivity index (χ0) is 13.3. The van der Waals surface area contributed by atoms with Gasteiger partial charge in [0.15, 0.2) is 0 Å². The summed E-state index contributed by atoms with van der Waals surface area (Å²) in [5, 5.41) is 0.754. The van der Waals surface area contributed by atoms with Gasteiger partial charge in [0.25, 0.3) is 0 Å². The largest absolute Gasteiger partial charge is 0.493 e. The van der Waals surface area contributed by atoms with Crippen molar-refractivity contribution in [2.75, 3.05) is 32.1 Å². The fourth-order valence-corrected chi connectivity index (χ4v) is 3.17. The van der Waals surface area contributed by atoms with Crippen molar-refractivity contribution in [3.8, 4) is 5.75 Å². The fourth-order valence-electron chi connectivity index (χ4n) is 2.14. The van der Waals surface area contributed by atoms with Gasteiger partial charge < -0.3 is 15.2 Å². The number of hydrogen-bond donors (Lipinski definition) is 1. The van der Waals surface area contributed by atoms with Gasteiger partial charge in [-0.1, -0.05) is 12.1 Å². The van der Waals surface area contributed by atoms with E-state index in [1.54, 1.807) is 0 Å². The summed E-state index contributed by atoms with van der Waals surface area (Å²) in [7, 11) is 0. The third-order valence-electron chi connectivity index (χ3n) is 3.23. The number of hydrogen-bond acceptors (Lipinski definition) is 4. The Hall–Kier alpha value is -0.710. The average molecular weight is 281 g/mol. The van der Waals surface area contributed by atoms with Crippen LogP contribution in [-0.4, -0.2) is 37.4 Å². The number of benzene rings is 1. The van der Waals surface area contributed by atoms with Gasteiger partial charge in [-0.25, -0.2) is 0 Å². The standard InChI is InChI=1S/C15H23NO2S/c16-8-5-13-1-3-14(4-2-13)18-11-12-19-15-6-9-17-10-7-15/h1-4,15H,5-12,16H2. The molecule has 0 saturated carbocycles. The molecule has 1 heterocycles. The van der Waals surface area contributed by atoms with Crippen molar-refractivity contribution in [3.05, 3.63) is 29.8 Å². The molecule has 1 saturated heterocycles. The highest BCUT2D eigenvalue weighted by molar-refractivity contribution is 7.99. The first-order valence-electron chi connectivity index (χ1n) is 6.99. The lowest BCUT2D eigenvalue weighted by Gasteiger charge is -2.21. The third-order valence-corrected chi connectivity index (χ3v) is 4.58. The molecule has 1 aliphatic rings. The molecule has 1 aromatic carbocycles. The van der Waals surface area contributed by atoms with Gasteiger partial charge in [-0.15, -0.1) is 0 Å². The summed E-state index contributed by atoms with van der Waals surface area (Å²) in [4.78, 5) is 0. The average Bonchev–Trinajstić information content (AvgIpc) is 2.47. The van der Waals surface area contributed by atoms with Gasteiger partial charge in [0, 0.05) is 24.2 Å². The van der Waals surface area contributed by atoms with E-state index >= 15 is 0 Å². The van der Waals surface area contributed by atoms with E-state index in [9.17, 15) is 0 Å². The highest BCUT2D eigenvalue weighted by Crippen LogP contribution is 2.22. The Morgan fingerprint density at radius 1 is 1.21 bits per heavy atom. The molecule has 4 heteroatoms. The van der Waals surface area contributed by atoms with Crippen LogP contribution >= 0.6 is 11.8 Å². The van der Waals surface area contributed by atoms with Crippen molar-refractivity contribution in [1.29, 1.82) is 0 Å². The van der Waals surface area contributed by atoms with Gasteiger partial charge in [-0.3, -0.25) is 0 Å². The minimum Gasteiger partial charge on any atom is -0.493 e. The van der Waals surface area contributed by atoms with Crippen LogP contribution in [0.3, 0.4) is 0 Å². The predicted molar refractivity (Wildman–Crippen MR) is 81.0 cm³/mol. The Balaban J connectivity index is 1.62. The molecule has 0 spiro atoms. The van der Waals surface area contributed by atoms with Crippen molar-refractivity contribution in [2.45, 2.75) is 24.5 Å². The monoisotopic (exact) mass is 281 g/mol. The summed E-state index contributed by atoms with van der Waals surface area (Å²) >= 11 is 2.01. The molecule has 19 heavy (non-hydrogen) atoms. The van der Waals surface area contributed by atoms with E-state index in [-0.39, 0.29) is 0 Å². The normalized spacial score (nSPS) is 16.5. The highest BCUT2D eigenvalue weighted by Gasteiger charge is 2.13. The summed E-state index contributed by atoms with van der Waals surface area (Å²) in [5.74, 6) is 2.00. The van der Waals surface area contributed by atoms with Crippen LogP contribution in [0.25, 0.3) is 0 Å². The number of rotatable bonds is 7. The van der Waals surface area contributed by atoms with Gasteiger partial charge in [0.05, 0.1) is 6.61 Å². The van der Waals surface area contributed by atoms with Gasteiger partial charge in [0.2, 0.25) is 0 Å². The van der Waals surface area contributed by atoms with Gasteiger partial charge in [0.1, 0.15) is 5.75 Å². The maximum atomic E-state index is 5.75. The predicted octanol–water partition coefficient (Wildman–Crippen LogP) is 2.48. The van der Waals surface area contributed by atoms with Crippen molar-refractivity contribution in [1.82, 2.24) is 0 Å². The number of thioether (sulfide) groups is 1. The molecule has 0 radical (unpaired) electrons. The maximum Gasteiger partial charge on any atom is 0.119 e. The molecule has 0 amide bonds. The maximum absolute atomic E-state index is 5.75. The first-order chi connectivity index (χ1) is 9.38. The Bertz CT molecular complexity index is 350. The summed E-state index contributed by atoms with van der Waals surface area (Å²) in [6.07, 6.45) is 3.29. The Morgan fingerprint density at radius 3 is 2.63 bits per heavy atom. The van der Waals surface area contributed by atoms with Crippen molar-refractivity contribution >= 4 is 11.8 Å². The summed E-state index contributed by atoms with van der Waals surface area (Å²) in [6.45, 7) is 3.31. The smallest absolute Gasteiger partial charge is 0.119 e. The van der Waals surface area contributed by atoms with Crippen LogP contribution in [-0.2, 0) is 11.2 Å². The SMILES string of the molecule is NCCc1ccc(OCCSC2CCOCC2)cc1. The first kappa shape index (κ1) is 14.7. The van der Waals surface area contributed by atoms with E-state index in [1.165, 1.54) is 18.4 Å². The second kappa shape index (κ2) is 8.46. The molecule has 0 unspecified atom stereocenters. The van der Waals surface area contributed by atoms with Crippen molar-refractivity contribution in [2.24, 2.45) is 5.73 Å². The molecule has 1 aromatic rings. The van der Waals surface area contributed by atoms with Crippen LogP contribution in [0.4, 0.5) is 0 Å². The first-order valence-corrected chi connectivity index (χ1v) is 8.04. The molecule has 106 valence electrons. The zero-order valence-electron chi connectivity index (χ0n) is 11.3. The Labute approximate surface area is 119 Å². The quantitative estimate of drug-likeness (QED) is 0.780. The summed E-state index contributed by atoms with van der Waals surface area (Å²) in [6, 6.07) is 8.25. The molecule has 0 aromatic heterocycles. The van der Waals surface area contributed by atoms with E-state index in [4.69, 9.17) is 15.2 Å². The number of nitrogens with two attached hydrogens (primary N) is 1. The molecule has 3 nitrogen and oxygen atoms in total. The van der Waals surface area contributed by atoms with E-state index in [0.29, 0.717) is 6.54 Å². The van der Waals surface area contributed by atoms with Crippen LogP contribution in [0.5, 0.6) is 5.75 Å². The van der Waals surface area contributed by atoms with Gasteiger partial charge >= 0.3 is 0 Å². The highest BCUT2D eigenvalue weighted by atomic mass is 32.2. The van der Waals surface area contributed by atoms with Crippen LogP contribution in [0, 0.1) is 0 Å². The minimum absolute atomic E-state index is 0.696. The lowest BCUT2D eigenvalue weighted by Crippen LogP contribution is -2.18. The van der Waals surface area contributed by atoms with Crippen LogP contribution in [0.1, 0.15) is 18.4 Å². The fraction of sp³-hybridized carbons (Fsp3) is 0.600. The molecule has 0 aliphatic carbocycles. The lowest BCUT2D eigenvalue weighted by atomic mass is 10.1. The summed E-state index contributed by atoms with van der Waals surface area (Å²) < 4.78 is 11.1. The zero-order valence-corrected chi connectivity index (χ0v) is 12.2. The van der Waals surface area contributed by atoms with E-state index in [0.717, 1.165) is 43.0 Å². The van der Waals surface area contributed by atoms with Crippen molar-refractivity contribution in [3.63, 3.8) is 0 Å². The molecule has 1 aliphatic heterocycles. The molecular weight excluding hydrogens is 258 g/mol. The molecule has 2 N–H and O–H groups in total. The topological polar surface area (TPSA) is 44.5 Å². The van der Waals surface area contributed by atoms with Gasteiger partial charge in [-0.05, 0) is 43.5 Å². The minimum atomic E-state index is 0.696. The van der Waals surface area contributed by atoms with Gasteiger partial charge in [-0.2, -0.15) is 11.8 Å². The summed E-state index contributed by atoms with van der Waals surface area (Å²) in [5.41, 5.74) is 6.79. The third kappa shape index (κ3) is 5.43. The second-order valence-corrected chi connectivity index (χ2v) is 6.12. The Morgan fingerprint density at radius 2 is 1.95 bits per heavy atom. The Kier molecular flexibility index (Phi) is 6.54. The van der Waals surface area contributed by atoms with E-state index in [1.807, 2.05) is 23.9 Å². The van der Waals surface area contributed by atoms with E-state index in [2.05, 4.69) is 12.1 Å².